The van der Waals surface area contributed by atoms with E-state index in [0.29, 0.717) is 17.4 Å². The molecule has 0 saturated carbocycles. The van der Waals surface area contributed by atoms with E-state index in [1.54, 1.807) is 22.3 Å². The van der Waals surface area contributed by atoms with Gasteiger partial charge < -0.3 is 0 Å². The van der Waals surface area contributed by atoms with Crippen LogP contribution in [0.2, 0.25) is 11.6 Å². The first-order valence-corrected chi connectivity index (χ1v) is 16.1. The van der Waals surface area contributed by atoms with Gasteiger partial charge in [0.2, 0.25) is 0 Å². The fraction of sp³-hybridized carbons (Fsp3) is 0.314. The Hall–Kier alpha value is -2.90. The average molecular weight is 487 g/mol. The summed E-state index contributed by atoms with van der Waals surface area (Å²) in [5, 5.41) is 0. The van der Waals surface area contributed by atoms with E-state index >= 15 is 0 Å². The molecule has 0 radical (unpaired) electrons. The molecule has 0 aromatic heterocycles. The molecule has 0 saturated heterocycles. The molecule has 6 rings (SSSR count). The van der Waals surface area contributed by atoms with E-state index in [1.807, 2.05) is 0 Å². The molecule has 1 heteroatoms. The minimum Gasteiger partial charge on any atom is -0.0654 e. The standard InChI is InChI=1S/C35H38Si/c1-2-3-4-5-6-15-24-36-35(33-29-20-11-7-16-25(29)26-17-8-12-21-30(26)33)34-31-22-13-9-18-27(31)28-19-10-14-23-32(28)34/h7-14,16-23,33-35H,2-6,15,24,36H2,1H3. The van der Waals surface area contributed by atoms with Crippen molar-refractivity contribution in [2.75, 3.05) is 0 Å². The maximum Gasteiger partial charge on any atom is 0.0256 e. The van der Waals surface area contributed by atoms with E-state index in [2.05, 4.69) is 104 Å². The van der Waals surface area contributed by atoms with Crippen molar-refractivity contribution in [1.82, 2.24) is 0 Å². The van der Waals surface area contributed by atoms with Gasteiger partial charge in [-0.2, -0.15) is 0 Å². The van der Waals surface area contributed by atoms with Gasteiger partial charge in [0.25, 0.3) is 0 Å². The summed E-state index contributed by atoms with van der Waals surface area (Å²) in [6.45, 7) is 2.31. The monoisotopic (exact) mass is 486 g/mol. The third-order valence-electron chi connectivity index (χ3n) is 8.76. The highest BCUT2D eigenvalue weighted by molar-refractivity contribution is 6.39. The molecular weight excluding hydrogens is 448 g/mol. The van der Waals surface area contributed by atoms with Crippen LogP contribution < -0.4 is 0 Å². The van der Waals surface area contributed by atoms with E-state index < -0.39 is 0 Å². The Bertz CT molecular complexity index is 1150. The summed E-state index contributed by atoms with van der Waals surface area (Å²) in [6, 6.07) is 38.6. The number of hydrogen-bond donors (Lipinski definition) is 0. The highest BCUT2D eigenvalue weighted by atomic mass is 28.2. The van der Waals surface area contributed by atoms with Crippen LogP contribution >= 0.6 is 0 Å². The van der Waals surface area contributed by atoms with Crippen LogP contribution in [-0.4, -0.2) is 9.52 Å². The molecule has 0 nitrogen and oxygen atoms in total. The molecule has 182 valence electrons. The summed E-state index contributed by atoms with van der Waals surface area (Å²) >= 11 is 0. The lowest BCUT2D eigenvalue weighted by Crippen LogP contribution is -2.21. The molecule has 0 heterocycles. The maximum atomic E-state index is 2.43. The van der Waals surface area contributed by atoms with Crippen molar-refractivity contribution >= 4 is 9.52 Å². The first-order valence-electron chi connectivity index (χ1n) is 14.2. The van der Waals surface area contributed by atoms with Crippen LogP contribution in [0.1, 0.15) is 79.5 Å². The van der Waals surface area contributed by atoms with Gasteiger partial charge in [-0.1, -0.05) is 149 Å². The van der Waals surface area contributed by atoms with Crippen LogP contribution in [0.15, 0.2) is 97.1 Å². The molecule has 0 amide bonds. The molecule has 0 aliphatic heterocycles. The molecule has 0 bridgehead atoms. The van der Waals surface area contributed by atoms with E-state index in [1.165, 1.54) is 66.8 Å². The summed E-state index contributed by atoms with van der Waals surface area (Å²) in [7, 11) is -0.331. The molecule has 0 spiro atoms. The Labute approximate surface area is 219 Å². The van der Waals surface area contributed by atoms with Crippen LogP contribution in [0.5, 0.6) is 0 Å². The third kappa shape index (κ3) is 4.18. The van der Waals surface area contributed by atoms with Crippen LogP contribution in [-0.2, 0) is 0 Å². The molecule has 0 atom stereocenters. The summed E-state index contributed by atoms with van der Waals surface area (Å²) in [5.74, 6) is 1.02. The number of unbranched alkanes of at least 4 members (excludes halogenated alkanes) is 5. The zero-order valence-corrected chi connectivity index (χ0v) is 23.0. The number of fused-ring (bicyclic) bond motifs is 6. The fourth-order valence-electron chi connectivity index (χ4n) is 7.17. The lowest BCUT2D eigenvalue weighted by Gasteiger charge is -2.32. The summed E-state index contributed by atoms with van der Waals surface area (Å²) in [6.07, 6.45) is 8.38. The first kappa shape index (κ1) is 23.5. The van der Waals surface area contributed by atoms with Gasteiger partial charge in [-0.05, 0) is 50.0 Å². The summed E-state index contributed by atoms with van der Waals surface area (Å²) in [4.78, 5) is 0. The quantitative estimate of drug-likeness (QED) is 0.155. The zero-order valence-electron chi connectivity index (χ0n) is 21.6. The second-order valence-electron chi connectivity index (χ2n) is 10.9. The van der Waals surface area contributed by atoms with Crippen LogP contribution in [0.25, 0.3) is 22.3 Å². The Morgan fingerprint density at radius 2 is 0.861 bits per heavy atom. The highest BCUT2D eigenvalue weighted by Gasteiger charge is 2.42. The van der Waals surface area contributed by atoms with Gasteiger partial charge in [-0.3, -0.25) is 0 Å². The zero-order chi connectivity index (χ0) is 24.3. The van der Waals surface area contributed by atoms with Gasteiger partial charge in [-0.15, -0.1) is 0 Å². The van der Waals surface area contributed by atoms with Crippen molar-refractivity contribution in [2.24, 2.45) is 0 Å². The number of rotatable bonds is 10. The van der Waals surface area contributed by atoms with Crippen molar-refractivity contribution in [2.45, 2.75) is 68.9 Å². The van der Waals surface area contributed by atoms with Crippen molar-refractivity contribution in [1.29, 1.82) is 0 Å². The van der Waals surface area contributed by atoms with Crippen molar-refractivity contribution in [3.63, 3.8) is 0 Å². The minimum atomic E-state index is -0.331. The predicted molar refractivity (Wildman–Crippen MR) is 158 cm³/mol. The van der Waals surface area contributed by atoms with Crippen molar-refractivity contribution in [3.8, 4) is 22.3 Å². The smallest absolute Gasteiger partial charge is 0.0256 e. The van der Waals surface area contributed by atoms with Gasteiger partial charge in [0, 0.05) is 21.4 Å². The molecule has 2 aliphatic rings. The molecule has 0 N–H and O–H groups in total. The molecule has 4 aromatic rings. The van der Waals surface area contributed by atoms with Crippen LogP contribution in [0.3, 0.4) is 0 Å². The largest absolute Gasteiger partial charge is 0.0654 e. The molecule has 0 fully saturated rings. The Morgan fingerprint density at radius 1 is 0.500 bits per heavy atom. The summed E-state index contributed by atoms with van der Waals surface area (Å²) in [5.41, 5.74) is 12.8. The molecule has 2 aliphatic carbocycles. The Kier molecular flexibility index (Phi) is 6.92. The highest BCUT2D eigenvalue weighted by Crippen LogP contribution is 2.59. The van der Waals surface area contributed by atoms with Crippen molar-refractivity contribution in [3.05, 3.63) is 119 Å². The predicted octanol–water partition coefficient (Wildman–Crippen LogP) is 9.35. The lowest BCUT2D eigenvalue weighted by atomic mass is 9.82. The fourth-order valence-corrected chi connectivity index (χ4v) is 9.97. The molecular formula is C35H38Si. The first-order chi connectivity index (χ1) is 17.9. The normalized spacial score (nSPS) is 14.4. The maximum absolute atomic E-state index is 2.43. The Morgan fingerprint density at radius 3 is 1.28 bits per heavy atom. The third-order valence-corrected chi connectivity index (χ3v) is 11.3. The van der Waals surface area contributed by atoms with Gasteiger partial charge in [0.1, 0.15) is 0 Å². The minimum absolute atomic E-state index is 0.331. The number of hydrogen-bond acceptors (Lipinski definition) is 0. The average Bonchev–Trinajstić information content (AvgIpc) is 3.44. The number of benzene rings is 4. The molecule has 4 aromatic carbocycles. The van der Waals surface area contributed by atoms with Gasteiger partial charge >= 0.3 is 0 Å². The Balaban J connectivity index is 1.40. The second-order valence-corrected chi connectivity index (χ2v) is 13.1. The second kappa shape index (κ2) is 10.6. The van der Waals surface area contributed by atoms with Crippen molar-refractivity contribution < 1.29 is 0 Å². The van der Waals surface area contributed by atoms with Gasteiger partial charge in [0.15, 0.2) is 0 Å². The van der Waals surface area contributed by atoms with Crippen LogP contribution in [0.4, 0.5) is 0 Å². The van der Waals surface area contributed by atoms with Gasteiger partial charge in [-0.25, -0.2) is 0 Å². The topological polar surface area (TPSA) is 0 Å². The molecule has 0 unspecified atom stereocenters. The van der Waals surface area contributed by atoms with E-state index in [0.717, 1.165) is 0 Å². The lowest BCUT2D eigenvalue weighted by molar-refractivity contribution is 0.616. The van der Waals surface area contributed by atoms with Gasteiger partial charge in [0.05, 0.1) is 0 Å². The van der Waals surface area contributed by atoms with E-state index in [9.17, 15) is 0 Å². The van der Waals surface area contributed by atoms with E-state index in [-0.39, 0.29) is 9.52 Å². The SMILES string of the molecule is CCCCCCCC[SiH2]C(C1c2ccccc2-c2ccccc21)C1c2ccccc2-c2ccccc21. The summed E-state index contributed by atoms with van der Waals surface area (Å²) < 4.78 is 0. The molecule has 36 heavy (non-hydrogen) atoms. The van der Waals surface area contributed by atoms with E-state index in [4.69, 9.17) is 0 Å². The van der Waals surface area contributed by atoms with Crippen LogP contribution in [0, 0.1) is 0 Å².